The number of rotatable bonds is 3. The van der Waals surface area contributed by atoms with Crippen LogP contribution in [0.25, 0.3) is 0 Å². The van der Waals surface area contributed by atoms with Crippen molar-refractivity contribution in [1.29, 1.82) is 0 Å². The maximum Gasteiger partial charge on any atom is 0.256 e. The molecule has 5 heteroatoms. The smallest absolute Gasteiger partial charge is 0.256 e. The Morgan fingerprint density at radius 3 is 2.67 bits per heavy atom. The lowest BCUT2D eigenvalue weighted by atomic mass is 10.2. The Kier molecular flexibility index (Phi) is 2.78. The fourth-order valence-electron chi connectivity index (χ4n) is 0.718. The van der Waals surface area contributed by atoms with E-state index in [2.05, 4.69) is 10.1 Å². The van der Waals surface area contributed by atoms with Crippen LogP contribution in [0.4, 0.5) is 0 Å². The van der Waals surface area contributed by atoms with Gasteiger partial charge in [-0.2, -0.15) is 4.98 Å². The van der Waals surface area contributed by atoms with E-state index >= 15 is 0 Å². The third kappa shape index (κ3) is 1.80. The zero-order chi connectivity index (χ0) is 9.14. The van der Waals surface area contributed by atoms with E-state index in [9.17, 15) is 5.11 Å². The van der Waals surface area contributed by atoms with Crippen molar-refractivity contribution in [3.63, 3.8) is 0 Å². The normalized spacial score (nSPS) is 13.8. The fraction of sp³-hybridized carbons (Fsp3) is 0.714. The van der Waals surface area contributed by atoms with Gasteiger partial charge < -0.3 is 15.4 Å². The van der Waals surface area contributed by atoms with Crippen LogP contribution in [0.3, 0.4) is 0 Å². The molecule has 0 radical (unpaired) electrons. The van der Waals surface area contributed by atoms with Crippen LogP contribution in [-0.2, 0) is 0 Å². The van der Waals surface area contributed by atoms with Gasteiger partial charge in [-0.15, -0.1) is 0 Å². The highest BCUT2D eigenvalue weighted by molar-refractivity contribution is 4.94. The van der Waals surface area contributed by atoms with Crippen molar-refractivity contribution in [2.24, 2.45) is 5.73 Å². The highest BCUT2D eigenvalue weighted by Gasteiger charge is 2.15. The number of hydrogen-bond donors (Lipinski definition) is 2. The highest BCUT2D eigenvalue weighted by atomic mass is 16.5. The second-order valence-electron chi connectivity index (χ2n) is 2.90. The molecule has 0 aliphatic rings. The SMILES string of the molecule is CC(C)c1noc([C@@H](O)CN)n1. The Morgan fingerprint density at radius 2 is 2.25 bits per heavy atom. The molecule has 0 amide bonds. The second-order valence-corrected chi connectivity index (χ2v) is 2.90. The number of aliphatic hydroxyl groups is 1. The summed E-state index contributed by atoms with van der Waals surface area (Å²) in [6, 6.07) is 0. The van der Waals surface area contributed by atoms with Crippen LogP contribution in [0.1, 0.15) is 37.6 Å². The monoisotopic (exact) mass is 171 g/mol. The molecule has 1 heterocycles. The molecular formula is C7H13N3O2. The van der Waals surface area contributed by atoms with E-state index in [-0.39, 0.29) is 18.4 Å². The van der Waals surface area contributed by atoms with Crippen molar-refractivity contribution in [1.82, 2.24) is 10.1 Å². The van der Waals surface area contributed by atoms with Gasteiger partial charge in [0, 0.05) is 12.5 Å². The highest BCUT2D eigenvalue weighted by Crippen LogP contribution is 2.13. The quantitative estimate of drug-likeness (QED) is 0.677. The minimum Gasteiger partial charge on any atom is -0.382 e. The first-order valence-corrected chi connectivity index (χ1v) is 3.86. The van der Waals surface area contributed by atoms with Gasteiger partial charge in [-0.25, -0.2) is 0 Å². The predicted octanol–water partition coefficient (Wildman–Crippen LogP) is 0.185. The van der Waals surface area contributed by atoms with E-state index in [1.807, 2.05) is 13.8 Å². The molecule has 3 N–H and O–H groups in total. The second kappa shape index (κ2) is 3.64. The number of aromatic nitrogens is 2. The van der Waals surface area contributed by atoms with Crippen molar-refractivity contribution in [3.05, 3.63) is 11.7 Å². The van der Waals surface area contributed by atoms with Crippen LogP contribution in [-0.4, -0.2) is 21.8 Å². The van der Waals surface area contributed by atoms with Gasteiger partial charge in [0.25, 0.3) is 5.89 Å². The molecule has 1 atom stereocenters. The van der Waals surface area contributed by atoms with Crippen LogP contribution in [0, 0.1) is 0 Å². The third-order valence-electron chi connectivity index (χ3n) is 1.48. The van der Waals surface area contributed by atoms with Crippen molar-refractivity contribution in [3.8, 4) is 0 Å². The standard InChI is InChI=1S/C7H13N3O2/c1-4(2)6-9-7(12-10-6)5(11)3-8/h4-5,11H,3,8H2,1-2H3/t5-/m0/s1. The third-order valence-corrected chi connectivity index (χ3v) is 1.48. The molecular weight excluding hydrogens is 158 g/mol. The molecule has 0 unspecified atom stereocenters. The molecule has 1 aromatic heterocycles. The summed E-state index contributed by atoms with van der Waals surface area (Å²) < 4.78 is 4.79. The molecule has 0 saturated heterocycles. The van der Waals surface area contributed by atoms with Gasteiger partial charge in [-0.3, -0.25) is 0 Å². The van der Waals surface area contributed by atoms with Crippen LogP contribution in [0.5, 0.6) is 0 Å². The van der Waals surface area contributed by atoms with E-state index in [0.29, 0.717) is 5.82 Å². The lowest BCUT2D eigenvalue weighted by molar-refractivity contribution is 0.141. The topological polar surface area (TPSA) is 85.2 Å². The number of nitrogens with zero attached hydrogens (tertiary/aromatic N) is 2. The Morgan fingerprint density at radius 1 is 1.58 bits per heavy atom. The largest absolute Gasteiger partial charge is 0.382 e. The summed E-state index contributed by atoms with van der Waals surface area (Å²) in [5.74, 6) is 0.992. The molecule has 0 aliphatic carbocycles. The summed E-state index contributed by atoms with van der Waals surface area (Å²) in [5, 5.41) is 12.9. The van der Waals surface area contributed by atoms with Crippen molar-refractivity contribution in [2.45, 2.75) is 25.9 Å². The maximum absolute atomic E-state index is 9.20. The van der Waals surface area contributed by atoms with Crippen LogP contribution in [0.2, 0.25) is 0 Å². The Hall–Kier alpha value is -0.940. The zero-order valence-electron chi connectivity index (χ0n) is 7.19. The summed E-state index contributed by atoms with van der Waals surface area (Å²) in [6.07, 6.45) is -0.843. The Balaban J connectivity index is 2.77. The summed E-state index contributed by atoms with van der Waals surface area (Å²) in [4.78, 5) is 3.97. The van der Waals surface area contributed by atoms with E-state index in [1.165, 1.54) is 0 Å². The van der Waals surface area contributed by atoms with E-state index in [0.717, 1.165) is 0 Å². The summed E-state index contributed by atoms with van der Waals surface area (Å²) >= 11 is 0. The summed E-state index contributed by atoms with van der Waals surface area (Å²) in [5.41, 5.74) is 5.21. The number of hydrogen-bond acceptors (Lipinski definition) is 5. The molecule has 1 aromatic rings. The average molecular weight is 171 g/mol. The number of aliphatic hydroxyl groups excluding tert-OH is 1. The van der Waals surface area contributed by atoms with Gasteiger partial charge in [-0.05, 0) is 0 Å². The average Bonchev–Trinajstić information content (AvgIpc) is 2.51. The van der Waals surface area contributed by atoms with E-state index in [1.54, 1.807) is 0 Å². The van der Waals surface area contributed by atoms with Crippen LogP contribution < -0.4 is 5.73 Å². The Bertz CT molecular complexity index is 247. The molecule has 0 saturated carbocycles. The zero-order valence-corrected chi connectivity index (χ0v) is 7.19. The first-order chi connectivity index (χ1) is 5.65. The Labute approximate surface area is 70.6 Å². The maximum atomic E-state index is 9.20. The predicted molar refractivity (Wildman–Crippen MR) is 42.4 cm³/mol. The minimum atomic E-state index is -0.843. The number of nitrogens with two attached hydrogens (primary N) is 1. The minimum absolute atomic E-state index is 0.0970. The molecule has 12 heavy (non-hydrogen) atoms. The van der Waals surface area contributed by atoms with Crippen molar-refractivity contribution < 1.29 is 9.63 Å². The van der Waals surface area contributed by atoms with Gasteiger partial charge in [0.15, 0.2) is 5.82 Å². The van der Waals surface area contributed by atoms with Crippen molar-refractivity contribution >= 4 is 0 Å². The lowest BCUT2D eigenvalue weighted by Crippen LogP contribution is -2.11. The fourth-order valence-corrected chi connectivity index (χ4v) is 0.718. The van der Waals surface area contributed by atoms with E-state index in [4.69, 9.17) is 10.3 Å². The summed E-state index contributed by atoms with van der Waals surface area (Å²) in [7, 11) is 0. The molecule has 68 valence electrons. The lowest BCUT2D eigenvalue weighted by Gasteiger charge is -1.98. The van der Waals surface area contributed by atoms with Gasteiger partial charge >= 0.3 is 0 Å². The molecule has 0 aliphatic heterocycles. The molecule has 5 nitrogen and oxygen atoms in total. The molecule has 0 fully saturated rings. The van der Waals surface area contributed by atoms with Gasteiger partial charge in [0.2, 0.25) is 0 Å². The van der Waals surface area contributed by atoms with Crippen molar-refractivity contribution in [2.75, 3.05) is 6.54 Å². The first-order valence-electron chi connectivity index (χ1n) is 3.86. The summed E-state index contributed by atoms with van der Waals surface area (Å²) in [6.45, 7) is 3.99. The molecule has 0 bridgehead atoms. The first kappa shape index (κ1) is 9.15. The van der Waals surface area contributed by atoms with Crippen LogP contribution in [0.15, 0.2) is 4.52 Å². The van der Waals surface area contributed by atoms with Crippen LogP contribution >= 0.6 is 0 Å². The van der Waals surface area contributed by atoms with Gasteiger partial charge in [-0.1, -0.05) is 19.0 Å². The molecule has 0 aromatic carbocycles. The van der Waals surface area contributed by atoms with Gasteiger partial charge in [0.1, 0.15) is 6.10 Å². The van der Waals surface area contributed by atoms with E-state index < -0.39 is 6.10 Å². The van der Waals surface area contributed by atoms with Gasteiger partial charge in [0.05, 0.1) is 0 Å². The molecule has 0 spiro atoms. The molecule has 1 rings (SSSR count).